The first-order chi connectivity index (χ1) is 14.3. The minimum atomic E-state index is -0.700. The summed E-state index contributed by atoms with van der Waals surface area (Å²) in [5.74, 6) is 0.178. The summed E-state index contributed by atoms with van der Waals surface area (Å²) in [7, 11) is 0. The number of aryl methyl sites for hydroxylation is 3. The van der Waals surface area contributed by atoms with Gasteiger partial charge in [0.05, 0.1) is 17.2 Å². The maximum atomic E-state index is 12.3. The number of aromatic hydroxyl groups is 1. The molecule has 1 aromatic carbocycles. The molecule has 0 amide bonds. The molecule has 0 aliphatic carbocycles. The molecule has 1 aromatic heterocycles. The zero-order valence-electron chi connectivity index (χ0n) is 16.7. The number of hydrogen-bond acceptors (Lipinski definition) is 6. The Kier molecular flexibility index (Phi) is 4.98. The molecule has 2 aromatic rings. The van der Waals surface area contributed by atoms with Gasteiger partial charge in [0.1, 0.15) is 0 Å². The second kappa shape index (κ2) is 7.62. The Morgan fingerprint density at radius 2 is 1.67 bits per heavy atom. The van der Waals surface area contributed by atoms with Crippen LogP contribution in [-0.4, -0.2) is 34.2 Å². The van der Waals surface area contributed by atoms with Crippen LogP contribution >= 0.6 is 0 Å². The van der Waals surface area contributed by atoms with Crippen LogP contribution in [0, 0.1) is 13.8 Å². The highest BCUT2D eigenvalue weighted by Gasteiger charge is 2.19. The third kappa shape index (κ3) is 3.51. The van der Waals surface area contributed by atoms with E-state index in [1.807, 2.05) is 30.5 Å². The van der Waals surface area contributed by atoms with E-state index in [1.165, 1.54) is 10.8 Å². The Bertz CT molecular complexity index is 1380. The summed E-state index contributed by atoms with van der Waals surface area (Å²) in [5.41, 5.74) is 2.14. The van der Waals surface area contributed by atoms with Gasteiger partial charge in [0.25, 0.3) is 5.56 Å². The Morgan fingerprint density at radius 3 is 2.37 bits per heavy atom. The van der Waals surface area contributed by atoms with Crippen molar-refractivity contribution >= 4 is 11.0 Å². The lowest BCUT2D eigenvalue weighted by molar-refractivity contribution is 0.405. The summed E-state index contributed by atoms with van der Waals surface area (Å²) >= 11 is 0. The monoisotopic (exact) mass is 410 g/mol. The lowest BCUT2D eigenvalue weighted by atomic mass is 10.1. The number of nitrogens with zero attached hydrogens (tertiary/aromatic N) is 4. The zero-order valence-corrected chi connectivity index (χ0v) is 16.7. The summed E-state index contributed by atoms with van der Waals surface area (Å²) in [6, 6.07) is 3.91. The van der Waals surface area contributed by atoms with Crippen molar-refractivity contribution in [2.75, 3.05) is 0 Å². The number of aromatic nitrogens is 6. The van der Waals surface area contributed by atoms with Gasteiger partial charge in [-0.1, -0.05) is 0 Å². The van der Waals surface area contributed by atoms with Crippen molar-refractivity contribution in [2.24, 2.45) is 0 Å². The number of fused-ring (bicyclic) bond motifs is 2. The molecule has 10 nitrogen and oxygen atoms in total. The maximum absolute atomic E-state index is 12.3. The van der Waals surface area contributed by atoms with Crippen LogP contribution < -0.4 is 16.9 Å². The first-order valence-corrected chi connectivity index (χ1v) is 9.74. The largest absolute Gasteiger partial charge is 0.493 e. The molecule has 2 aliphatic rings. The molecule has 10 heteroatoms. The van der Waals surface area contributed by atoms with Crippen LogP contribution in [0.3, 0.4) is 0 Å². The fourth-order valence-corrected chi connectivity index (χ4v) is 3.60. The minimum Gasteiger partial charge on any atom is -0.493 e. The SMILES string of the molecule is Cc1cc2nc3c(=O)[nH]c(=O)nc-3n(CCCCCn3c(O)c[nH]c3=O)c2cc1C. The van der Waals surface area contributed by atoms with Gasteiger partial charge in [0.15, 0.2) is 11.5 Å². The van der Waals surface area contributed by atoms with E-state index in [0.29, 0.717) is 25.0 Å². The number of nitrogens with one attached hydrogen (secondary N) is 2. The molecule has 4 rings (SSSR count). The van der Waals surface area contributed by atoms with Gasteiger partial charge < -0.3 is 14.7 Å². The lowest BCUT2D eigenvalue weighted by Crippen LogP contribution is -2.29. The van der Waals surface area contributed by atoms with Crippen molar-refractivity contribution in [2.45, 2.75) is 46.2 Å². The van der Waals surface area contributed by atoms with E-state index in [1.54, 1.807) is 0 Å². The predicted octanol–water partition coefficient (Wildman–Crippen LogP) is 1.27. The van der Waals surface area contributed by atoms with E-state index in [2.05, 4.69) is 19.9 Å². The second-order valence-corrected chi connectivity index (χ2v) is 7.40. The summed E-state index contributed by atoms with van der Waals surface area (Å²) in [5, 5.41) is 9.65. The number of aromatic amines is 2. The van der Waals surface area contributed by atoms with Crippen LogP contribution in [0.25, 0.3) is 22.6 Å². The smallest absolute Gasteiger partial charge is 0.349 e. The van der Waals surface area contributed by atoms with Gasteiger partial charge in [-0.05, 0) is 56.4 Å². The van der Waals surface area contributed by atoms with Crippen LogP contribution in [-0.2, 0) is 13.1 Å². The topological polar surface area (TPSA) is 139 Å². The fourth-order valence-electron chi connectivity index (χ4n) is 3.60. The number of hydrogen-bond donors (Lipinski definition) is 3. The number of imidazole rings is 1. The molecule has 0 atom stereocenters. The summed E-state index contributed by atoms with van der Waals surface area (Å²) in [6.45, 7) is 4.90. The average molecular weight is 410 g/mol. The van der Waals surface area contributed by atoms with E-state index < -0.39 is 11.2 Å². The maximum Gasteiger partial charge on any atom is 0.349 e. The van der Waals surface area contributed by atoms with Crippen molar-refractivity contribution in [3.63, 3.8) is 0 Å². The van der Waals surface area contributed by atoms with Gasteiger partial charge >= 0.3 is 11.4 Å². The molecule has 30 heavy (non-hydrogen) atoms. The van der Waals surface area contributed by atoms with Crippen molar-refractivity contribution in [1.82, 2.24) is 29.1 Å². The summed E-state index contributed by atoms with van der Waals surface area (Å²) in [6.07, 6.45) is 3.45. The third-order valence-corrected chi connectivity index (χ3v) is 5.33. The quantitative estimate of drug-likeness (QED) is 0.323. The molecular formula is C20H22N6O4. The number of benzene rings is 1. The normalized spacial score (nSPS) is 11.5. The van der Waals surface area contributed by atoms with Crippen molar-refractivity contribution < 1.29 is 5.11 Å². The first-order valence-electron chi connectivity index (χ1n) is 9.74. The Morgan fingerprint density at radius 1 is 0.967 bits per heavy atom. The van der Waals surface area contributed by atoms with Crippen molar-refractivity contribution in [3.8, 4) is 17.4 Å². The molecule has 0 saturated carbocycles. The van der Waals surface area contributed by atoms with Crippen LogP contribution in [0.5, 0.6) is 5.88 Å². The lowest BCUT2D eigenvalue weighted by Gasteiger charge is -2.17. The summed E-state index contributed by atoms with van der Waals surface area (Å²) in [4.78, 5) is 48.8. The van der Waals surface area contributed by atoms with Crippen LogP contribution in [0.15, 0.2) is 32.7 Å². The standard InChI is InChI=1S/C20H22N6O4/c1-11-8-13-14(9-12(11)2)25(17-16(22-13)18(28)24-19(29)23-17)6-4-3-5-7-26-15(27)10-21-20(26)30/h8-10,27H,3-7H2,1-2H3,(H,21,30)(H,24,28,29). The van der Waals surface area contributed by atoms with Gasteiger partial charge in [0.2, 0.25) is 5.88 Å². The highest BCUT2D eigenvalue weighted by molar-refractivity contribution is 5.81. The zero-order chi connectivity index (χ0) is 21.4. The van der Waals surface area contributed by atoms with Gasteiger partial charge in [-0.15, -0.1) is 0 Å². The van der Waals surface area contributed by atoms with Gasteiger partial charge in [-0.3, -0.25) is 14.3 Å². The minimum absolute atomic E-state index is 0.0854. The Balaban J connectivity index is 1.64. The number of rotatable bonds is 6. The van der Waals surface area contributed by atoms with Crippen molar-refractivity contribution in [1.29, 1.82) is 0 Å². The van der Waals surface area contributed by atoms with E-state index in [-0.39, 0.29) is 23.1 Å². The molecular weight excluding hydrogens is 388 g/mol. The third-order valence-electron chi connectivity index (χ3n) is 5.33. The van der Waals surface area contributed by atoms with Gasteiger partial charge in [-0.2, -0.15) is 4.98 Å². The van der Waals surface area contributed by atoms with Gasteiger partial charge in [0, 0.05) is 13.1 Å². The molecule has 0 saturated heterocycles. The van der Waals surface area contributed by atoms with E-state index in [9.17, 15) is 19.5 Å². The summed E-state index contributed by atoms with van der Waals surface area (Å²) < 4.78 is 3.14. The van der Waals surface area contributed by atoms with E-state index in [4.69, 9.17) is 0 Å². The molecule has 0 unspecified atom stereocenters. The number of H-pyrrole nitrogens is 2. The van der Waals surface area contributed by atoms with E-state index in [0.717, 1.165) is 29.5 Å². The van der Waals surface area contributed by atoms with Crippen LogP contribution in [0.1, 0.15) is 30.4 Å². The Hall–Kier alpha value is -3.69. The molecule has 0 radical (unpaired) electrons. The predicted molar refractivity (Wildman–Crippen MR) is 111 cm³/mol. The fraction of sp³-hybridized carbons (Fsp3) is 0.350. The molecule has 3 heterocycles. The molecule has 3 N–H and O–H groups in total. The molecule has 0 spiro atoms. The number of unbranched alkanes of at least 4 members (excludes halogenated alkanes) is 2. The Labute approximate surface area is 170 Å². The van der Waals surface area contributed by atoms with Crippen LogP contribution in [0.4, 0.5) is 0 Å². The van der Waals surface area contributed by atoms with Crippen molar-refractivity contribution in [3.05, 3.63) is 60.8 Å². The van der Waals surface area contributed by atoms with E-state index >= 15 is 0 Å². The first kappa shape index (κ1) is 19.6. The van der Waals surface area contributed by atoms with Gasteiger partial charge in [-0.25, -0.2) is 14.6 Å². The average Bonchev–Trinajstić information content (AvgIpc) is 3.01. The molecule has 2 aliphatic heterocycles. The second-order valence-electron chi connectivity index (χ2n) is 7.40. The van der Waals surface area contributed by atoms with Crippen LogP contribution in [0.2, 0.25) is 0 Å². The highest BCUT2D eigenvalue weighted by Crippen LogP contribution is 2.24. The molecule has 156 valence electrons. The molecule has 0 fully saturated rings. The highest BCUT2D eigenvalue weighted by atomic mass is 16.3. The molecule has 0 bridgehead atoms.